The van der Waals surface area contributed by atoms with E-state index in [0.717, 1.165) is 17.7 Å². The van der Waals surface area contributed by atoms with Gasteiger partial charge in [-0.3, -0.25) is 4.79 Å². The summed E-state index contributed by atoms with van der Waals surface area (Å²) in [7, 11) is 0. The maximum atomic E-state index is 12.4. The minimum atomic E-state index is -0.945. The van der Waals surface area contributed by atoms with Gasteiger partial charge >= 0.3 is 5.97 Å². The third kappa shape index (κ3) is 2.62. The van der Waals surface area contributed by atoms with Gasteiger partial charge in [-0.1, -0.05) is 18.2 Å². The highest BCUT2D eigenvalue weighted by molar-refractivity contribution is 5.75. The number of hydrogen-bond donors (Lipinski definition) is 1. The fourth-order valence-corrected chi connectivity index (χ4v) is 6.07. The van der Waals surface area contributed by atoms with E-state index in [2.05, 4.69) is 6.07 Å². The maximum Gasteiger partial charge on any atom is 0.311 e. The molecule has 0 radical (unpaired) electrons. The molecule has 1 aromatic rings. The predicted molar refractivity (Wildman–Crippen MR) is 104 cm³/mol. The van der Waals surface area contributed by atoms with Crippen LogP contribution in [-0.4, -0.2) is 48.9 Å². The molecule has 2 aliphatic carbocycles. The van der Waals surface area contributed by atoms with Crippen molar-refractivity contribution >= 4 is 5.97 Å². The van der Waals surface area contributed by atoms with E-state index in [9.17, 15) is 9.90 Å². The molecule has 0 aromatic heterocycles. The van der Waals surface area contributed by atoms with Crippen LogP contribution in [0.1, 0.15) is 45.6 Å². The van der Waals surface area contributed by atoms with E-state index in [-0.39, 0.29) is 23.9 Å². The number of esters is 1. The van der Waals surface area contributed by atoms with Crippen molar-refractivity contribution < 1.29 is 28.8 Å². The fraction of sp³-hybridized carbons (Fsp3) is 0.696. The zero-order valence-electron chi connectivity index (χ0n) is 17.3. The van der Waals surface area contributed by atoms with Crippen molar-refractivity contribution in [3.8, 4) is 5.75 Å². The van der Waals surface area contributed by atoms with Crippen LogP contribution in [0.5, 0.6) is 5.75 Å². The van der Waals surface area contributed by atoms with Crippen LogP contribution >= 0.6 is 0 Å². The molecular weight excluding hydrogens is 372 g/mol. The SMILES string of the molecule is CC(C)(C)C(=O)OCC[C@]12c3ccccc3O[C@H]1C1(OCCO1)[C@H]1C[C@H]2C[C@@H]1O. The minimum absolute atomic E-state index is 0.0976. The first-order valence-corrected chi connectivity index (χ1v) is 10.7. The van der Waals surface area contributed by atoms with Gasteiger partial charge in [-0.2, -0.15) is 0 Å². The first-order valence-electron chi connectivity index (χ1n) is 10.7. The predicted octanol–water partition coefficient (Wildman–Crippen LogP) is 2.81. The normalized spacial score (nSPS) is 36.6. The van der Waals surface area contributed by atoms with Gasteiger partial charge in [-0.15, -0.1) is 0 Å². The van der Waals surface area contributed by atoms with E-state index in [1.165, 1.54) is 0 Å². The van der Waals surface area contributed by atoms with Gasteiger partial charge in [-0.25, -0.2) is 0 Å². The summed E-state index contributed by atoms with van der Waals surface area (Å²) in [6.45, 7) is 6.88. The van der Waals surface area contributed by atoms with Gasteiger partial charge in [0.15, 0.2) is 6.10 Å². The summed E-state index contributed by atoms with van der Waals surface area (Å²) in [6, 6.07) is 8.09. The number of aliphatic hydroxyl groups is 1. The van der Waals surface area contributed by atoms with Crippen molar-refractivity contribution in [3.05, 3.63) is 29.8 Å². The Balaban J connectivity index is 1.54. The van der Waals surface area contributed by atoms with Crippen LogP contribution in [0.15, 0.2) is 24.3 Å². The quantitative estimate of drug-likeness (QED) is 0.784. The molecule has 1 saturated heterocycles. The Kier molecular flexibility index (Phi) is 4.29. The zero-order chi connectivity index (χ0) is 20.4. The van der Waals surface area contributed by atoms with E-state index < -0.39 is 22.7 Å². The van der Waals surface area contributed by atoms with Crippen molar-refractivity contribution in [1.82, 2.24) is 0 Å². The molecule has 6 heteroatoms. The molecule has 1 N–H and O–H groups in total. The Labute approximate surface area is 171 Å². The lowest BCUT2D eigenvalue weighted by atomic mass is 9.59. The van der Waals surface area contributed by atoms with E-state index in [1.807, 2.05) is 39.0 Å². The third-order valence-corrected chi connectivity index (χ3v) is 7.34. The Bertz CT molecular complexity index is 808. The van der Waals surface area contributed by atoms with Crippen molar-refractivity contribution in [2.75, 3.05) is 19.8 Å². The van der Waals surface area contributed by atoms with Gasteiger partial charge in [0.25, 0.3) is 0 Å². The molecule has 0 unspecified atom stereocenters. The largest absolute Gasteiger partial charge is 0.484 e. The molecule has 29 heavy (non-hydrogen) atoms. The van der Waals surface area contributed by atoms with Crippen LogP contribution in [0, 0.1) is 17.3 Å². The topological polar surface area (TPSA) is 74.2 Å². The first-order chi connectivity index (χ1) is 13.8. The average molecular weight is 402 g/mol. The number of rotatable bonds is 3. The maximum absolute atomic E-state index is 12.4. The molecular formula is C23H30O6. The third-order valence-electron chi connectivity index (χ3n) is 7.34. The van der Waals surface area contributed by atoms with Crippen LogP contribution in [0.3, 0.4) is 0 Å². The van der Waals surface area contributed by atoms with Crippen molar-refractivity contribution in [1.29, 1.82) is 0 Å². The summed E-state index contributed by atoms with van der Waals surface area (Å²) in [5, 5.41) is 10.9. The van der Waals surface area contributed by atoms with Gasteiger partial charge in [-0.05, 0) is 52.0 Å². The Morgan fingerprint density at radius 3 is 2.66 bits per heavy atom. The van der Waals surface area contributed by atoms with Crippen molar-refractivity contribution in [2.24, 2.45) is 17.3 Å². The summed E-state index contributed by atoms with van der Waals surface area (Å²) in [6.07, 6.45) is 1.29. The van der Waals surface area contributed by atoms with Crippen molar-refractivity contribution in [3.63, 3.8) is 0 Å². The molecule has 2 aliphatic heterocycles. The van der Waals surface area contributed by atoms with E-state index in [1.54, 1.807) is 0 Å². The van der Waals surface area contributed by atoms with Crippen LogP contribution in [-0.2, 0) is 24.4 Å². The zero-order valence-corrected chi connectivity index (χ0v) is 17.3. The summed E-state index contributed by atoms with van der Waals surface area (Å²) in [4.78, 5) is 12.4. The van der Waals surface area contributed by atoms with E-state index in [0.29, 0.717) is 32.7 Å². The monoisotopic (exact) mass is 402 g/mol. The molecule has 0 amide bonds. The second-order valence-electron chi connectivity index (χ2n) is 9.93. The molecule has 1 spiro atoms. The highest BCUT2D eigenvalue weighted by Gasteiger charge is 2.73. The minimum Gasteiger partial charge on any atom is -0.484 e. The number of fused-ring (bicyclic) bond motifs is 8. The first kappa shape index (κ1) is 19.3. The number of para-hydroxylation sites is 1. The second kappa shape index (κ2) is 6.43. The lowest BCUT2D eigenvalue weighted by Gasteiger charge is -2.51. The summed E-state index contributed by atoms with van der Waals surface area (Å²) in [5.74, 6) is -0.178. The van der Waals surface area contributed by atoms with Crippen LogP contribution < -0.4 is 4.74 Å². The van der Waals surface area contributed by atoms with Crippen molar-refractivity contribution in [2.45, 2.75) is 63.4 Å². The Morgan fingerprint density at radius 2 is 1.93 bits per heavy atom. The lowest BCUT2D eigenvalue weighted by Crippen LogP contribution is -2.64. The number of hydrogen-bond acceptors (Lipinski definition) is 6. The van der Waals surface area contributed by atoms with E-state index >= 15 is 0 Å². The molecule has 158 valence electrons. The fourth-order valence-electron chi connectivity index (χ4n) is 6.07. The number of aliphatic hydroxyl groups excluding tert-OH is 1. The smallest absolute Gasteiger partial charge is 0.311 e. The Morgan fingerprint density at radius 1 is 1.21 bits per heavy atom. The molecule has 5 rings (SSSR count). The molecule has 5 atom stereocenters. The molecule has 2 saturated carbocycles. The molecule has 2 heterocycles. The standard InChI is InChI=1S/C23H30O6/c1-21(2,3)20(25)26-9-8-22-14-12-16(17(24)13-14)23(27-10-11-28-23)19(22)29-18-7-5-4-6-15(18)22/h4-7,14,16-17,19,24H,8-13H2,1-3H3/t14-,16-,17-,19+,22-/m0/s1. The van der Waals surface area contributed by atoms with Gasteiger partial charge in [0.2, 0.25) is 5.79 Å². The number of carbonyl (C=O) groups excluding carboxylic acids is 1. The second-order valence-corrected chi connectivity index (χ2v) is 9.93. The van der Waals surface area contributed by atoms with Crippen LogP contribution in [0.25, 0.3) is 0 Å². The highest BCUT2D eigenvalue weighted by Crippen LogP contribution is 2.65. The average Bonchev–Trinajstić information content (AvgIpc) is 3.36. The van der Waals surface area contributed by atoms with Gasteiger partial charge in [0, 0.05) is 16.9 Å². The van der Waals surface area contributed by atoms with E-state index in [4.69, 9.17) is 18.9 Å². The number of benzene rings is 1. The molecule has 6 nitrogen and oxygen atoms in total. The van der Waals surface area contributed by atoms with Crippen LogP contribution in [0.4, 0.5) is 0 Å². The van der Waals surface area contributed by atoms with Gasteiger partial charge in [0.1, 0.15) is 5.75 Å². The number of carbonyl (C=O) groups is 1. The Hall–Kier alpha value is -1.63. The summed E-state index contributed by atoms with van der Waals surface area (Å²) in [5.41, 5.74) is 0.168. The molecule has 3 fully saturated rings. The lowest BCUT2D eigenvalue weighted by molar-refractivity contribution is -0.279. The molecule has 4 aliphatic rings. The van der Waals surface area contributed by atoms with Crippen LogP contribution in [0.2, 0.25) is 0 Å². The summed E-state index contributed by atoms with van der Waals surface area (Å²) < 4.78 is 24.6. The molecule has 1 aromatic carbocycles. The highest BCUT2D eigenvalue weighted by atomic mass is 16.8. The number of ether oxygens (including phenoxy) is 4. The van der Waals surface area contributed by atoms with Gasteiger partial charge < -0.3 is 24.1 Å². The summed E-state index contributed by atoms with van der Waals surface area (Å²) >= 11 is 0. The van der Waals surface area contributed by atoms with Gasteiger partial charge in [0.05, 0.1) is 31.3 Å². The molecule has 2 bridgehead atoms.